The maximum Gasteiger partial charge on any atom is 0.249 e. The standard InChI is InChI=1S/C23H21FN4O3/c1-14-12-18(23-27-26-22(31-23)16-8-10-17(24)11-9-16)15(2)28(14)13-21(29)25-19-6-4-5-7-20(19)30-3/h4-12H,13H2,1-3H3,(H,25,29). The molecular formula is C23H21FN4O3. The molecular weight excluding hydrogens is 399 g/mol. The van der Waals surface area contributed by atoms with E-state index in [0.717, 1.165) is 17.0 Å². The molecule has 0 aliphatic rings. The number of methoxy groups -OCH3 is 1. The van der Waals surface area contributed by atoms with Crippen molar-refractivity contribution in [3.63, 3.8) is 0 Å². The second-order valence-electron chi connectivity index (χ2n) is 7.04. The van der Waals surface area contributed by atoms with Crippen molar-refractivity contribution in [1.29, 1.82) is 0 Å². The van der Waals surface area contributed by atoms with Gasteiger partial charge in [0.05, 0.1) is 18.4 Å². The number of benzene rings is 2. The van der Waals surface area contributed by atoms with Crippen LogP contribution in [0.2, 0.25) is 0 Å². The SMILES string of the molecule is COc1ccccc1NC(=O)Cn1c(C)cc(-c2nnc(-c3ccc(F)cc3)o2)c1C. The molecule has 8 heteroatoms. The first-order chi connectivity index (χ1) is 15.0. The summed E-state index contributed by atoms with van der Waals surface area (Å²) in [5.41, 5.74) is 3.68. The van der Waals surface area contributed by atoms with Gasteiger partial charge in [-0.25, -0.2) is 4.39 Å². The van der Waals surface area contributed by atoms with E-state index in [2.05, 4.69) is 15.5 Å². The minimum absolute atomic E-state index is 0.120. The summed E-state index contributed by atoms with van der Waals surface area (Å²) in [7, 11) is 1.56. The average molecular weight is 420 g/mol. The lowest BCUT2D eigenvalue weighted by molar-refractivity contribution is -0.116. The summed E-state index contributed by atoms with van der Waals surface area (Å²) >= 11 is 0. The van der Waals surface area contributed by atoms with E-state index in [9.17, 15) is 9.18 Å². The van der Waals surface area contributed by atoms with Gasteiger partial charge in [-0.1, -0.05) is 12.1 Å². The van der Waals surface area contributed by atoms with Crippen molar-refractivity contribution < 1.29 is 18.3 Å². The first-order valence-corrected chi connectivity index (χ1v) is 9.65. The van der Waals surface area contributed by atoms with Crippen LogP contribution in [0.1, 0.15) is 11.4 Å². The fourth-order valence-electron chi connectivity index (χ4n) is 3.38. The van der Waals surface area contributed by atoms with Crippen LogP contribution in [0.5, 0.6) is 5.75 Å². The third-order valence-corrected chi connectivity index (χ3v) is 5.00. The van der Waals surface area contributed by atoms with Crippen molar-refractivity contribution in [2.24, 2.45) is 0 Å². The van der Waals surface area contributed by atoms with Crippen LogP contribution in [0.15, 0.2) is 59.0 Å². The molecule has 0 unspecified atom stereocenters. The molecule has 0 aliphatic carbocycles. The van der Waals surface area contributed by atoms with E-state index in [-0.39, 0.29) is 18.3 Å². The minimum Gasteiger partial charge on any atom is -0.495 e. The fraction of sp³-hybridized carbons (Fsp3) is 0.174. The Morgan fingerprint density at radius 2 is 1.81 bits per heavy atom. The number of para-hydroxylation sites is 2. The molecule has 158 valence electrons. The molecule has 0 saturated heterocycles. The van der Waals surface area contributed by atoms with Crippen molar-refractivity contribution in [3.05, 3.63) is 71.8 Å². The second kappa shape index (κ2) is 8.43. The van der Waals surface area contributed by atoms with Crippen LogP contribution >= 0.6 is 0 Å². The lowest BCUT2D eigenvalue weighted by Crippen LogP contribution is -2.20. The Kier molecular flexibility index (Phi) is 5.53. The van der Waals surface area contributed by atoms with Gasteiger partial charge in [0.15, 0.2) is 0 Å². The van der Waals surface area contributed by atoms with Gasteiger partial charge in [0.2, 0.25) is 17.7 Å². The second-order valence-corrected chi connectivity index (χ2v) is 7.04. The van der Waals surface area contributed by atoms with Gasteiger partial charge in [-0.15, -0.1) is 10.2 Å². The normalized spacial score (nSPS) is 10.8. The highest BCUT2D eigenvalue weighted by molar-refractivity contribution is 5.92. The highest BCUT2D eigenvalue weighted by Crippen LogP contribution is 2.29. The Bertz CT molecular complexity index is 1230. The predicted molar refractivity (Wildman–Crippen MR) is 114 cm³/mol. The van der Waals surface area contributed by atoms with Crippen molar-refractivity contribution in [2.45, 2.75) is 20.4 Å². The summed E-state index contributed by atoms with van der Waals surface area (Å²) in [6.45, 7) is 3.92. The molecule has 2 heterocycles. The summed E-state index contributed by atoms with van der Waals surface area (Å²) in [5.74, 6) is 0.711. The van der Waals surface area contributed by atoms with Gasteiger partial charge in [0, 0.05) is 17.0 Å². The van der Waals surface area contributed by atoms with Gasteiger partial charge in [0.1, 0.15) is 18.1 Å². The molecule has 1 amide bonds. The van der Waals surface area contributed by atoms with Crippen molar-refractivity contribution >= 4 is 11.6 Å². The van der Waals surface area contributed by atoms with Crippen LogP contribution in [-0.2, 0) is 11.3 Å². The third-order valence-electron chi connectivity index (χ3n) is 5.00. The minimum atomic E-state index is -0.335. The van der Waals surface area contributed by atoms with Crippen LogP contribution in [-0.4, -0.2) is 27.8 Å². The number of aromatic nitrogens is 3. The molecule has 2 aromatic carbocycles. The number of carbonyl (C=O) groups is 1. The molecule has 4 rings (SSSR count). The first-order valence-electron chi connectivity index (χ1n) is 9.65. The van der Waals surface area contributed by atoms with Crippen molar-refractivity contribution in [3.8, 4) is 28.7 Å². The lowest BCUT2D eigenvalue weighted by atomic mass is 10.2. The summed E-state index contributed by atoms with van der Waals surface area (Å²) in [6.07, 6.45) is 0. The van der Waals surface area contributed by atoms with E-state index in [1.807, 2.05) is 36.6 Å². The number of nitrogens with one attached hydrogen (secondary N) is 1. The Morgan fingerprint density at radius 1 is 1.10 bits per heavy atom. The smallest absolute Gasteiger partial charge is 0.249 e. The number of rotatable bonds is 6. The number of ether oxygens (including phenoxy) is 1. The maximum atomic E-state index is 13.1. The van der Waals surface area contributed by atoms with E-state index in [4.69, 9.17) is 9.15 Å². The molecule has 4 aromatic rings. The topological polar surface area (TPSA) is 82.2 Å². The third kappa shape index (κ3) is 4.18. The molecule has 0 atom stereocenters. The molecule has 0 saturated carbocycles. The van der Waals surface area contributed by atoms with E-state index < -0.39 is 0 Å². The van der Waals surface area contributed by atoms with Crippen LogP contribution in [0.4, 0.5) is 10.1 Å². The van der Waals surface area contributed by atoms with E-state index in [0.29, 0.717) is 28.8 Å². The number of anilines is 1. The van der Waals surface area contributed by atoms with Gasteiger partial charge in [-0.05, 0) is 56.3 Å². The molecule has 0 spiro atoms. The number of nitrogens with zero attached hydrogens (tertiary/aromatic N) is 3. The molecule has 1 N–H and O–H groups in total. The Morgan fingerprint density at radius 3 is 2.55 bits per heavy atom. The largest absolute Gasteiger partial charge is 0.495 e. The van der Waals surface area contributed by atoms with Crippen molar-refractivity contribution in [1.82, 2.24) is 14.8 Å². The number of aryl methyl sites for hydroxylation is 1. The highest BCUT2D eigenvalue weighted by atomic mass is 19.1. The van der Waals surface area contributed by atoms with E-state index in [1.54, 1.807) is 31.4 Å². The number of halogens is 1. The summed E-state index contributed by atoms with van der Waals surface area (Å²) in [5, 5.41) is 11.1. The molecule has 0 radical (unpaired) electrons. The monoisotopic (exact) mass is 420 g/mol. The molecule has 0 fully saturated rings. The van der Waals surface area contributed by atoms with E-state index >= 15 is 0 Å². The van der Waals surface area contributed by atoms with Gasteiger partial charge in [-0.3, -0.25) is 4.79 Å². The summed E-state index contributed by atoms with van der Waals surface area (Å²) < 4.78 is 26.1. The average Bonchev–Trinajstić information content (AvgIpc) is 3.35. The van der Waals surface area contributed by atoms with Crippen LogP contribution < -0.4 is 10.1 Å². The van der Waals surface area contributed by atoms with Gasteiger partial charge >= 0.3 is 0 Å². The fourth-order valence-corrected chi connectivity index (χ4v) is 3.38. The number of hydrogen-bond donors (Lipinski definition) is 1. The number of carbonyl (C=O) groups excluding carboxylic acids is 1. The summed E-state index contributed by atoms with van der Waals surface area (Å²) in [4.78, 5) is 12.6. The van der Waals surface area contributed by atoms with Gasteiger partial charge in [0.25, 0.3) is 0 Å². The molecule has 0 aliphatic heterocycles. The number of hydrogen-bond acceptors (Lipinski definition) is 5. The Hall–Kier alpha value is -3.94. The first kappa shape index (κ1) is 20.3. The quantitative estimate of drug-likeness (QED) is 0.493. The Labute approximate surface area is 178 Å². The van der Waals surface area contributed by atoms with E-state index in [1.165, 1.54) is 12.1 Å². The van der Waals surface area contributed by atoms with Gasteiger partial charge < -0.3 is 19.0 Å². The predicted octanol–water partition coefficient (Wildman–Crippen LogP) is 4.61. The number of amides is 1. The molecule has 2 aromatic heterocycles. The molecule has 0 bridgehead atoms. The molecule has 7 nitrogen and oxygen atoms in total. The zero-order chi connectivity index (χ0) is 22.0. The van der Waals surface area contributed by atoms with Crippen LogP contribution in [0.25, 0.3) is 22.9 Å². The van der Waals surface area contributed by atoms with Crippen LogP contribution in [0, 0.1) is 19.7 Å². The lowest BCUT2D eigenvalue weighted by Gasteiger charge is -2.12. The molecule has 31 heavy (non-hydrogen) atoms. The Balaban J connectivity index is 1.55. The maximum absolute atomic E-state index is 13.1. The van der Waals surface area contributed by atoms with Crippen molar-refractivity contribution in [2.75, 3.05) is 12.4 Å². The zero-order valence-electron chi connectivity index (χ0n) is 17.3. The highest BCUT2D eigenvalue weighted by Gasteiger charge is 2.19. The van der Waals surface area contributed by atoms with Gasteiger partial charge in [-0.2, -0.15) is 0 Å². The van der Waals surface area contributed by atoms with Crippen LogP contribution in [0.3, 0.4) is 0 Å². The zero-order valence-corrected chi connectivity index (χ0v) is 17.3. The summed E-state index contributed by atoms with van der Waals surface area (Å²) in [6, 6.07) is 15.0.